The number of nitrogens with zero attached hydrogens (tertiary/aromatic N) is 3. The van der Waals surface area contributed by atoms with Gasteiger partial charge in [-0.3, -0.25) is 0 Å². The highest BCUT2D eigenvalue weighted by atomic mass is 35.5. The molecule has 1 aromatic heterocycles. The number of hydrogen-bond acceptors (Lipinski definition) is 2. The fourth-order valence-corrected chi connectivity index (χ4v) is 2.19. The Hall–Kier alpha value is -1.06. The second kappa shape index (κ2) is 4.90. The molecule has 0 amide bonds. The zero-order valence-electron chi connectivity index (χ0n) is 10.6. The van der Waals surface area contributed by atoms with E-state index in [1.165, 1.54) is 0 Å². The zero-order chi connectivity index (χ0) is 13.3. The largest absolute Gasteiger partial charge is 0.305 e. The molecule has 0 aliphatic carbocycles. The van der Waals surface area contributed by atoms with Crippen LogP contribution in [0.1, 0.15) is 26.6 Å². The van der Waals surface area contributed by atoms with Crippen LogP contribution >= 0.6 is 23.2 Å². The SMILES string of the molecule is CC(C)(C)n1c(CCl)nnc1-c1ccc(Cl)cc1. The van der Waals surface area contributed by atoms with E-state index in [1.54, 1.807) is 0 Å². The topological polar surface area (TPSA) is 30.7 Å². The summed E-state index contributed by atoms with van der Waals surface area (Å²) >= 11 is 11.8. The van der Waals surface area contributed by atoms with Crippen molar-refractivity contribution in [2.75, 3.05) is 0 Å². The lowest BCUT2D eigenvalue weighted by atomic mass is 10.1. The Kier molecular flexibility index (Phi) is 3.64. The van der Waals surface area contributed by atoms with Crippen LogP contribution in [0.15, 0.2) is 24.3 Å². The van der Waals surface area contributed by atoms with Gasteiger partial charge in [0.15, 0.2) is 5.82 Å². The van der Waals surface area contributed by atoms with Crippen LogP contribution in [0.4, 0.5) is 0 Å². The Morgan fingerprint density at radius 3 is 2.22 bits per heavy atom. The normalized spacial score (nSPS) is 11.8. The third kappa shape index (κ3) is 2.52. The Labute approximate surface area is 117 Å². The summed E-state index contributed by atoms with van der Waals surface area (Å²) in [6.45, 7) is 6.31. The van der Waals surface area contributed by atoms with Gasteiger partial charge < -0.3 is 4.57 Å². The predicted octanol–water partition coefficient (Wildman–Crippen LogP) is 4.09. The summed E-state index contributed by atoms with van der Waals surface area (Å²) < 4.78 is 2.06. The van der Waals surface area contributed by atoms with E-state index >= 15 is 0 Å². The second-order valence-corrected chi connectivity index (χ2v) is 5.79. The van der Waals surface area contributed by atoms with Crippen LogP contribution in [0.3, 0.4) is 0 Å². The van der Waals surface area contributed by atoms with Crippen LogP contribution < -0.4 is 0 Å². The number of alkyl halides is 1. The third-order valence-corrected chi connectivity index (χ3v) is 3.11. The first-order valence-corrected chi connectivity index (χ1v) is 6.61. The van der Waals surface area contributed by atoms with E-state index in [4.69, 9.17) is 23.2 Å². The van der Waals surface area contributed by atoms with Crippen LogP contribution in [0.5, 0.6) is 0 Å². The van der Waals surface area contributed by atoms with Gasteiger partial charge in [0.1, 0.15) is 5.82 Å². The molecule has 0 radical (unpaired) electrons. The van der Waals surface area contributed by atoms with E-state index in [0.717, 1.165) is 17.2 Å². The van der Waals surface area contributed by atoms with Crippen molar-refractivity contribution in [1.29, 1.82) is 0 Å². The lowest BCUT2D eigenvalue weighted by molar-refractivity contribution is 0.390. The second-order valence-electron chi connectivity index (χ2n) is 5.09. The maximum Gasteiger partial charge on any atom is 0.164 e. The Bertz CT molecular complexity index is 538. The fraction of sp³-hybridized carbons (Fsp3) is 0.385. The number of hydrogen-bond donors (Lipinski definition) is 0. The third-order valence-electron chi connectivity index (χ3n) is 2.62. The smallest absolute Gasteiger partial charge is 0.164 e. The minimum Gasteiger partial charge on any atom is -0.305 e. The number of aromatic nitrogens is 3. The van der Waals surface area contributed by atoms with Gasteiger partial charge in [-0.25, -0.2) is 0 Å². The van der Waals surface area contributed by atoms with E-state index in [1.807, 2.05) is 24.3 Å². The first-order chi connectivity index (χ1) is 8.43. The lowest BCUT2D eigenvalue weighted by Gasteiger charge is -2.24. The molecule has 5 heteroatoms. The van der Waals surface area contributed by atoms with Crippen LogP contribution in [0.2, 0.25) is 5.02 Å². The van der Waals surface area contributed by atoms with Crippen molar-refractivity contribution < 1.29 is 0 Å². The van der Waals surface area contributed by atoms with Crippen molar-refractivity contribution in [3.05, 3.63) is 35.1 Å². The number of benzene rings is 1. The maximum atomic E-state index is 5.92. The zero-order valence-corrected chi connectivity index (χ0v) is 12.1. The molecule has 18 heavy (non-hydrogen) atoms. The van der Waals surface area contributed by atoms with E-state index in [9.17, 15) is 0 Å². The number of halogens is 2. The molecule has 0 aliphatic rings. The molecule has 0 spiro atoms. The molecule has 0 N–H and O–H groups in total. The highest BCUT2D eigenvalue weighted by molar-refractivity contribution is 6.30. The maximum absolute atomic E-state index is 5.92. The summed E-state index contributed by atoms with van der Waals surface area (Å²) in [5, 5.41) is 9.09. The van der Waals surface area contributed by atoms with Gasteiger partial charge in [0, 0.05) is 16.1 Å². The van der Waals surface area contributed by atoms with Gasteiger partial charge in [-0.15, -0.1) is 21.8 Å². The van der Waals surface area contributed by atoms with Crippen LogP contribution in [0, 0.1) is 0 Å². The van der Waals surface area contributed by atoms with Gasteiger partial charge >= 0.3 is 0 Å². The van der Waals surface area contributed by atoms with Crippen LogP contribution in [-0.4, -0.2) is 14.8 Å². The lowest BCUT2D eigenvalue weighted by Crippen LogP contribution is -2.24. The van der Waals surface area contributed by atoms with Gasteiger partial charge in [-0.1, -0.05) is 11.6 Å². The van der Waals surface area contributed by atoms with Gasteiger partial charge in [0.05, 0.1) is 5.88 Å². The summed E-state index contributed by atoms with van der Waals surface area (Å²) in [4.78, 5) is 0. The molecular formula is C13H15Cl2N3. The molecule has 3 nitrogen and oxygen atoms in total. The minimum absolute atomic E-state index is 0.122. The Morgan fingerprint density at radius 2 is 1.72 bits per heavy atom. The van der Waals surface area contributed by atoms with E-state index in [2.05, 4.69) is 35.5 Å². The fourth-order valence-electron chi connectivity index (χ4n) is 1.89. The molecular weight excluding hydrogens is 269 g/mol. The molecule has 1 heterocycles. The predicted molar refractivity (Wildman–Crippen MR) is 75.0 cm³/mol. The summed E-state index contributed by atoms with van der Waals surface area (Å²) in [6.07, 6.45) is 0. The van der Waals surface area contributed by atoms with Crippen molar-refractivity contribution in [2.45, 2.75) is 32.2 Å². The van der Waals surface area contributed by atoms with Crippen LogP contribution in [0.25, 0.3) is 11.4 Å². The molecule has 1 aromatic carbocycles. The average Bonchev–Trinajstić information content (AvgIpc) is 2.73. The van der Waals surface area contributed by atoms with E-state index in [0.29, 0.717) is 10.9 Å². The standard InChI is InChI=1S/C13H15Cl2N3/c1-13(2,3)18-11(8-14)16-17-12(18)9-4-6-10(15)7-5-9/h4-7H,8H2,1-3H3. The minimum atomic E-state index is -0.122. The summed E-state index contributed by atoms with van der Waals surface area (Å²) in [6, 6.07) is 7.57. The van der Waals surface area contributed by atoms with Crippen molar-refractivity contribution >= 4 is 23.2 Å². The highest BCUT2D eigenvalue weighted by Crippen LogP contribution is 2.27. The average molecular weight is 284 g/mol. The summed E-state index contributed by atoms with van der Waals surface area (Å²) in [5.74, 6) is 1.93. The molecule has 0 saturated carbocycles. The number of rotatable bonds is 2. The van der Waals surface area contributed by atoms with Crippen molar-refractivity contribution in [3.63, 3.8) is 0 Å². The van der Waals surface area contributed by atoms with Crippen molar-refractivity contribution in [3.8, 4) is 11.4 Å². The van der Waals surface area contributed by atoms with Gasteiger partial charge in [0.25, 0.3) is 0 Å². The van der Waals surface area contributed by atoms with Crippen molar-refractivity contribution in [2.24, 2.45) is 0 Å². The Balaban J connectivity index is 2.58. The summed E-state index contributed by atoms with van der Waals surface area (Å²) in [7, 11) is 0. The molecule has 0 aliphatic heterocycles. The first kappa shape index (κ1) is 13.4. The molecule has 0 unspecified atom stereocenters. The molecule has 96 valence electrons. The molecule has 0 atom stereocenters. The molecule has 2 aromatic rings. The quantitative estimate of drug-likeness (QED) is 0.777. The van der Waals surface area contributed by atoms with Gasteiger partial charge in [-0.2, -0.15) is 0 Å². The van der Waals surface area contributed by atoms with Gasteiger partial charge in [0.2, 0.25) is 0 Å². The van der Waals surface area contributed by atoms with Crippen molar-refractivity contribution in [1.82, 2.24) is 14.8 Å². The summed E-state index contributed by atoms with van der Waals surface area (Å²) in [5.41, 5.74) is 0.862. The molecule has 2 rings (SSSR count). The van der Waals surface area contributed by atoms with E-state index in [-0.39, 0.29) is 5.54 Å². The molecule has 0 saturated heterocycles. The molecule has 0 fully saturated rings. The Morgan fingerprint density at radius 1 is 1.11 bits per heavy atom. The monoisotopic (exact) mass is 283 g/mol. The molecule has 0 bridgehead atoms. The van der Waals surface area contributed by atoms with E-state index < -0.39 is 0 Å². The van der Waals surface area contributed by atoms with Gasteiger partial charge in [-0.05, 0) is 45.0 Å². The van der Waals surface area contributed by atoms with Crippen LogP contribution in [-0.2, 0) is 11.4 Å². The first-order valence-electron chi connectivity index (χ1n) is 5.70. The highest BCUT2D eigenvalue weighted by Gasteiger charge is 2.23.